The van der Waals surface area contributed by atoms with Gasteiger partial charge >= 0.3 is 11.9 Å². The number of esters is 1. The number of ether oxygens (including phenoxy) is 10. The van der Waals surface area contributed by atoms with Crippen LogP contribution < -0.4 is 5.32 Å². The minimum absolute atomic E-state index is 0.198. The molecule has 242 valence electrons. The minimum Gasteiger partial charge on any atom is -0.480 e. The van der Waals surface area contributed by atoms with Crippen LogP contribution in [0, 0.1) is 0 Å². The van der Waals surface area contributed by atoms with Gasteiger partial charge in [-0.05, 0) is 6.42 Å². The van der Waals surface area contributed by atoms with Crippen molar-refractivity contribution in [2.24, 2.45) is 0 Å². The molecule has 0 rings (SSSR count). The fourth-order valence-corrected chi connectivity index (χ4v) is 2.68. The Morgan fingerprint density at radius 3 is 1.24 bits per heavy atom. The predicted octanol–water partition coefficient (Wildman–Crippen LogP) is -0.320. The van der Waals surface area contributed by atoms with E-state index in [0.29, 0.717) is 119 Å². The van der Waals surface area contributed by atoms with E-state index in [-0.39, 0.29) is 19.2 Å². The molecule has 15 heteroatoms. The number of carboxylic acids is 1. The monoisotopic (exact) mass is 599 g/mol. The van der Waals surface area contributed by atoms with E-state index >= 15 is 0 Å². The molecule has 0 unspecified atom stereocenters. The highest BCUT2D eigenvalue weighted by Crippen LogP contribution is 1.91. The van der Waals surface area contributed by atoms with Crippen molar-refractivity contribution in [1.29, 1.82) is 0 Å². The van der Waals surface area contributed by atoms with E-state index in [1.165, 1.54) is 0 Å². The van der Waals surface area contributed by atoms with Gasteiger partial charge < -0.3 is 57.8 Å². The normalized spacial score (nSPS) is 11.0. The summed E-state index contributed by atoms with van der Waals surface area (Å²) < 4.78 is 52.7. The molecular formula is C26H49NO14. The molecule has 0 fully saturated rings. The van der Waals surface area contributed by atoms with E-state index in [2.05, 4.69) is 10.1 Å². The summed E-state index contributed by atoms with van der Waals surface area (Å²) in [5.41, 5.74) is 0. The molecular weight excluding hydrogens is 550 g/mol. The molecule has 0 aromatic rings. The van der Waals surface area contributed by atoms with Gasteiger partial charge in [0.05, 0.1) is 106 Å². The third-order valence-corrected chi connectivity index (χ3v) is 4.58. The molecule has 0 aliphatic rings. The maximum atomic E-state index is 11.3. The van der Waals surface area contributed by atoms with Crippen molar-refractivity contribution in [3.05, 3.63) is 0 Å². The van der Waals surface area contributed by atoms with Crippen molar-refractivity contribution in [2.75, 3.05) is 132 Å². The van der Waals surface area contributed by atoms with E-state index in [4.69, 9.17) is 47.7 Å². The number of carboxylic acid groups (broad SMARTS) is 1. The Labute approximate surface area is 242 Å². The maximum Gasteiger partial charge on any atom is 0.329 e. The molecule has 0 aliphatic carbocycles. The minimum atomic E-state index is -1.13. The van der Waals surface area contributed by atoms with Gasteiger partial charge in [0.2, 0.25) is 5.91 Å². The molecule has 0 heterocycles. The first-order valence-electron chi connectivity index (χ1n) is 13.9. The number of carbonyl (C=O) groups excluding carboxylic acids is 2. The number of hydrogen-bond acceptors (Lipinski definition) is 13. The highest BCUT2D eigenvalue weighted by Gasteiger charge is 2.03. The number of aliphatic carboxylic acids is 1. The molecule has 0 radical (unpaired) electrons. The van der Waals surface area contributed by atoms with Crippen molar-refractivity contribution in [2.45, 2.75) is 19.8 Å². The van der Waals surface area contributed by atoms with Crippen molar-refractivity contribution in [3.8, 4) is 0 Å². The highest BCUT2D eigenvalue weighted by molar-refractivity contribution is 5.77. The van der Waals surface area contributed by atoms with Gasteiger partial charge in [-0.25, -0.2) is 4.79 Å². The topological polar surface area (TPSA) is 176 Å². The second kappa shape index (κ2) is 32.6. The molecule has 0 saturated heterocycles. The Hall–Kier alpha value is -1.95. The van der Waals surface area contributed by atoms with Crippen LogP contribution in [0.1, 0.15) is 19.8 Å². The van der Waals surface area contributed by atoms with Gasteiger partial charge in [0.15, 0.2) is 0 Å². The number of nitrogens with one attached hydrogen (secondary N) is 1. The molecule has 41 heavy (non-hydrogen) atoms. The Bertz CT molecular complexity index is 611. The lowest BCUT2D eigenvalue weighted by Gasteiger charge is -2.09. The predicted molar refractivity (Wildman–Crippen MR) is 144 cm³/mol. The van der Waals surface area contributed by atoms with Gasteiger partial charge in [0, 0.05) is 13.0 Å². The number of carbonyl (C=O) groups is 3. The lowest BCUT2D eigenvalue weighted by atomic mass is 10.3. The third kappa shape index (κ3) is 34.2. The van der Waals surface area contributed by atoms with E-state index in [0.717, 1.165) is 6.42 Å². The zero-order chi connectivity index (χ0) is 30.1. The van der Waals surface area contributed by atoms with Gasteiger partial charge in [0.1, 0.15) is 19.8 Å². The quantitative estimate of drug-likeness (QED) is 0.0741. The molecule has 0 saturated carbocycles. The second-order valence-electron chi connectivity index (χ2n) is 8.11. The fourth-order valence-electron chi connectivity index (χ4n) is 2.68. The molecule has 0 aliphatic heterocycles. The zero-order valence-electron chi connectivity index (χ0n) is 24.3. The molecule has 0 spiro atoms. The van der Waals surface area contributed by atoms with Crippen LogP contribution in [0.5, 0.6) is 0 Å². The first-order chi connectivity index (χ1) is 20.1. The van der Waals surface area contributed by atoms with Crippen LogP contribution >= 0.6 is 0 Å². The summed E-state index contributed by atoms with van der Waals surface area (Å²) >= 11 is 0. The molecule has 0 bridgehead atoms. The summed E-state index contributed by atoms with van der Waals surface area (Å²) in [6.07, 6.45) is 1.21. The van der Waals surface area contributed by atoms with E-state index in [1.807, 2.05) is 6.92 Å². The molecule has 0 atom stereocenters. The SMILES string of the molecule is CCCC(=O)OCCOCCOCCOCCOCCOCCOCCOCCOCCNC(=O)COCC(=O)O. The van der Waals surface area contributed by atoms with Gasteiger partial charge in [-0.2, -0.15) is 0 Å². The Balaban J connectivity index is 3.11. The van der Waals surface area contributed by atoms with Gasteiger partial charge in [-0.3, -0.25) is 9.59 Å². The van der Waals surface area contributed by atoms with Crippen molar-refractivity contribution >= 4 is 17.8 Å². The van der Waals surface area contributed by atoms with Crippen LogP contribution in [0.15, 0.2) is 0 Å². The first kappa shape index (κ1) is 39.0. The summed E-state index contributed by atoms with van der Waals surface area (Å²) in [6, 6.07) is 0. The molecule has 2 N–H and O–H groups in total. The summed E-state index contributed by atoms with van der Waals surface area (Å²) in [6.45, 7) is 8.62. The third-order valence-electron chi connectivity index (χ3n) is 4.58. The van der Waals surface area contributed by atoms with Gasteiger partial charge in [-0.15, -0.1) is 0 Å². The molecule has 15 nitrogen and oxygen atoms in total. The van der Waals surface area contributed by atoms with Crippen LogP contribution in [-0.2, 0) is 61.8 Å². The lowest BCUT2D eigenvalue weighted by molar-refractivity contribution is -0.145. The summed E-state index contributed by atoms with van der Waals surface area (Å²) in [5, 5.41) is 10.9. The summed E-state index contributed by atoms with van der Waals surface area (Å²) in [4.78, 5) is 32.8. The summed E-state index contributed by atoms with van der Waals surface area (Å²) in [5.74, 6) is -1.72. The van der Waals surface area contributed by atoms with Gasteiger partial charge in [-0.1, -0.05) is 6.92 Å². The van der Waals surface area contributed by atoms with E-state index < -0.39 is 18.5 Å². The van der Waals surface area contributed by atoms with E-state index in [1.54, 1.807) is 0 Å². The van der Waals surface area contributed by atoms with Crippen LogP contribution in [0.25, 0.3) is 0 Å². The Morgan fingerprint density at radius 2 is 0.878 bits per heavy atom. The maximum absolute atomic E-state index is 11.3. The largest absolute Gasteiger partial charge is 0.480 e. The van der Waals surface area contributed by atoms with Crippen LogP contribution in [0.3, 0.4) is 0 Å². The van der Waals surface area contributed by atoms with Crippen LogP contribution in [-0.4, -0.2) is 155 Å². The first-order valence-corrected chi connectivity index (χ1v) is 13.9. The fraction of sp³-hybridized carbons (Fsp3) is 0.885. The number of hydrogen-bond donors (Lipinski definition) is 2. The van der Waals surface area contributed by atoms with Crippen molar-refractivity contribution in [3.63, 3.8) is 0 Å². The Kier molecular flexibility index (Phi) is 31.0. The van der Waals surface area contributed by atoms with Crippen molar-refractivity contribution in [1.82, 2.24) is 5.32 Å². The second-order valence-corrected chi connectivity index (χ2v) is 8.11. The van der Waals surface area contributed by atoms with Crippen molar-refractivity contribution < 1.29 is 66.9 Å². The van der Waals surface area contributed by atoms with Crippen LogP contribution in [0.2, 0.25) is 0 Å². The number of amides is 1. The van der Waals surface area contributed by atoms with Gasteiger partial charge in [0.25, 0.3) is 0 Å². The van der Waals surface area contributed by atoms with Crippen LogP contribution in [0.4, 0.5) is 0 Å². The summed E-state index contributed by atoms with van der Waals surface area (Å²) in [7, 11) is 0. The average Bonchev–Trinajstić information content (AvgIpc) is 2.94. The lowest BCUT2D eigenvalue weighted by Crippen LogP contribution is -2.31. The number of rotatable bonds is 33. The molecule has 0 aromatic carbocycles. The van der Waals surface area contributed by atoms with E-state index in [9.17, 15) is 14.4 Å². The molecule has 1 amide bonds. The average molecular weight is 600 g/mol. The highest BCUT2D eigenvalue weighted by atomic mass is 16.6. The zero-order valence-corrected chi connectivity index (χ0v) is 24.3. The molecule has 0 aromatic heterocycles. The standard InChI is InChI=1S/C26H49NO14/c1-2-3-26(31)41-21-20-39-19-18-38-17-16-37-15-14-36-13-12-35-11-10-34-9-8-33-7-6-32-5-4-27-24(28)22-40-23-25(29)30/h2-23H2,1H3,(H,27,28)(H,29,30). The Morgan fingerprint density at radius 1 is 0.512 bits per heavy atom. The smallest absolute Gasteiger partial charge is 0.329 e.